The van der Waals surface area contributed by atoms with Crippen molar-refractivity contribution in [2.45, 2.75) is 43.6 Å². The van der Waals surface area contributed by atoms with Crippen LogP contribution < -0.4 is 10.6 Å². The van der Waals surface area contributed by atoms with Crippen LogP contribution in [0.3, 0.4) is 0 Å². The molecule has 0 spiro atoms. The maximum Gasteiger partial charge on any atom is 0.315 e. The normalized spacial score (nSPS) is 27.7. The van der Waals surface area contributed by atoms with Gasteiger partial charge in [-0.3, -0.25) is 0 Å². The van der Waals surface area contributed by atoms with Gasteiger partial charge in [0.1, 0.15) is 5.82 Å². The molecule has 3 N–H and O–H groups in total. The number of carbonyl (C=O) groups excluding carboxylic acids is 1. The molecule has 120 valence electrons. The lowest BCUT2D eigenvalue weighted by molar-refractivity contribution is 0.0979. The molecule has 2 amide bonds. The first-order valence-corrected chi connectivity index (χ1v) is 7.73. The quantitative estimate of drug-likeness (QED) is 0.793. The van der Waals surface area contributed by atoms with E-state index in [4.69, 9.17) is 16.3 Å². The molecule has 22 heavy (non-hydrogen) atoms. The molecule has 2 heterocycles. The standard InChI is InChI=1S/C15H18ClFN2O3/c16-10-3-1-8(5-11(10)17)13(20)7-18-15(21)19-12-6-9-2-4-14(12)22-9/h1,3,5,9,12-14,20H,2,4,6-7H2,(H2,18,19,21). The van der Waals surface area contributed by atoms with E-state index in [1.807, 2.05) is 0 Å². The molecular formula is C15H18ClFN2O3. The Labute approximate surface area is 132 Å². The summed E-state index contributed by atoms with van der Waals surface area (Å²) in [5.41, 5.74) is 0.366. The Morgan fingerprint density at radius 2 is 2.32 bits per heavy atom. The third-order valence-electron chi connectivity index (χ3n) is 4.21. The number of urea groups is 1. The summed E-state index contributed by atoms with van der Waals surface area (Å²) >= 11 is 5.59. The lowest BCUT2D eigenvalue weighted by atomic mass is 9.96. The maximum atomic E-state index is 13.3. The number of rotatable bonds is 4. The molecule has 2 fully saturated rings. The average Bonchev–Trinajstić information content (AvgIpc) is 3.10. The molecule has 0 aromatic heterocycles. The maximum absolute atomic E-state index is 13.3. The number of aliphatic hydroxyl groups is 1. The molecular weight excluding hydrogens is 311 g/mol. The number of aliphatic hydroxyl groups excluding tert-OH is 1. The minimum absolute atomic E-state index is 0.00191. The summed E-state index contributed by atoms with van der Waals surface area (Å²) in [7, 11) is 0. The van der Waals surface area contributed by atoms with Gasteiger partial charge in [-0.05, 0) is 37.0 Å². The summed E-state index contributed by atoms with van der Waals surface area (Å²) in [5.74, 6) is -0.596. The first-order valence-electron chi connectivity index (χ1n) is 7.36. The fraction of sp³-hybridized carbons (Fsp3) is 0.533. The minimum atomic E-state index is -0.992. The monoisotopic (exact) mass is 328 g/mol. The third-order valence-corrected chi connectivity index (χ3v) is 4.51. The molecule has 2 aliphatic rings. The van der Waals surface area contributed by atoms with Gasteiger partial charge in [0.05, 0.1) is 29.4 Å². The summed E-state index contributed by atoms with van der Waals surface area (Å²) < 4.78 is 19.0. The zero-order valence-electron chi connectivity index (χ0n) is 11.9. The van der Waals surface area contributed by atoms with E-state index in [0.717, 1.165) is 25.3 Å². The molecule has 2 aliphatic heterocycles. The summed E-state index contributed by atoms with van der Waals surface area (Å²) in [4.78, 5) is 11.8. The van der Waals surface area contributed by atoms with E-state index in [1.54, 1.807) is 0 Å². The average molecular weight is 329 g/mol. The lowest BCUT2D eigenvalue weighted by Crippen LogP contribution is -2.47. The van der Waals surface area contributed by atoms with Crippen LogP contribution in [0.5, 0.6) is 0 Å². The molecule has 2 saturated heterocycles. The topological polar surface area (TPSA) is 70.6 Å². The Balaban J connectivity index is 1.47. The van der Waals surface area contributed by atoms with Crippen molar-refractivity contribution in [3.05, 3.63) is 34.6 Å². The van der Waals surface area contributed by atoms with Crippen molar-refractivity contribution in [3.8, 4) is 0 Å². The lowest BCUT2D eigenvalue weighted by Gasteiger charge is -2.21. The van der Waals surface area contributed by atoms with Gasteiger partial charge < -0.3 is 20.5 Å². The van der Waals surface area contributed by atoms with E-state index in [-0.39, 0.29) is 35.8 Å². The summed E-state index contributed by atoms with van der Waals surface area (Å²) in [6, 6.07) is 3.75. The zero-order valence-corrected chi connectivity index (χ0v) is 12.6. The second-order valence-corrected chi connectivity index (χ2v) is 6.17. The number of amides is 2. The van der Waals surface area contributed by atoms with Crippen molar-refractivity contribution in [1.29, 1.82) is 0 Å². The number of ether oxygens (including phenoxy) is 1. The van der Waals surface area contributed by atoms with E-state index < -0.39 is 11.9 Å². The van der Waals surface area contributed by atoms with Gasteiger partial charge in [-0.15, -0.1) is 0 Å². The van der Waals surface area contributed by atoms with Crippen molar-refractivity contribution < 1.29 is 19.0 Å². The molecule has 7 heteroatoms. The van der Waals surface area contributed by atoms with Gasteiger partial charge in [0, 0.05) is 6.54 Å². The van der Waals surface area contributed by atoms with E-state index >= 15 is 0 Å². The summed E-state index contributed by atoms with van der Waals surface area (Å²) in [5, 5.41) is 15.4. The highest BCUT2D eigenvalue weighted by atomic mass is 35.5. The molecule has 5 nitrogen and oxygen atoms in total. The third kappa shape index (κ3) is 3.34. The zero-order chi connectivity index (χ0) is 15.7. The van der Waals surface area contributed by atoms with Gasteiger partial charge in [0.25, 0.3) is 0 Å². The van der Waals surface area contributed by atoms with Crippen LogP contribution >= 0.6 is 11.6 Å². The Bertz CT molecular complexity index is 572. The van der Waals surface area contributed by atoms with Crippen LogP contribution in [0.4, 0.5) is 9.18 Å². The first-order chi connectivity index (χ1) is 10.5. The highest BCUT2D eigenvalue weighted by molar-refractivity contribution is 6.30. The van der Waals surface area contributed by atoms with Crippen molar-refractivity contribution in [2.24, 2.45) is 0 Å². The van der Waals surface area contributed by atoms with E-state index in [2.05, 4.69) is 10.6 Å². The second kappa shape index (κ2) is 6.40. The Hall–Kier alpha value is -1.37. The molecule has 4 unspecified atom stereocenters. The second-order valence-electron chi connectivity index (χ2n) is 5.76. The molecule has 0 radical (unpaired) electrons. The van der Waals surface area contributed by atoms with E-state index in [1.165, 1.54) is 12.1 Å². The number of fused-ring (bicyclic) bond motifs is 2. The van der Waals surface area contributed by atoms with Gasteiger partial charge in [-0.25, -0.2) is 9.18 Å². The van der Waals surface area contributed by atoms with E-state index in [9.17, 15) is 14.3 Å². The molecule has 3 rings (SSSR count). The Morgan fingerprint density at radius 3 is 2.95 bits per heavy atom. The largest absolute Gasteiger partial charge is 0.387 e. The Morgan fingerprint density at radius 1 is 1.50 bits per heavy atom. The van der Waals surface area contributed by atoms with Crippen molar-refractivity contribution in [1.82, 2.24) is 10.6 Å². The van der Waals surface area contributed by atoms with Gasteiger partial charge in [-0.1, -0.05) is 17.7 Å². The van der Waals surface area contributed by atoms with Gasteiger partial charge in [0.15, 0.2) is 0 Å². The number of hydrogen-bond donors (Lipinski definition) is 3. The fourth-order valence-electron chi connectivity index (χ4n) is 3.04. The van der Waals surface area contributed by atoms with Gasteiger partial charge in [0.2, 0.25) is 0 Å². The van der Waals surface area contributed by atoms with E-state index in [0.29, 0.717) is 5.56 Å². The van der Waals surface area contributed by atoms with Crippen LogP contribution in [0.25, 0.3) is 0 Å². The first kappa shape index (κ1) is 15.5. The number of hydrogen-bond acceptors (Lipinski definition) is 3. The predicted molar refractivity (Wildman–Crippen MR) is 79.2 cm³/mol. The van der Waals surface area contributed by atoms with Crippen molar-refractivity contribution >= 4 is 17.6 Å². The number of halogens is 2. The van der Waals surface area contributed by atoms with Gasteiger partial charge in [-0.2, -0.15) is 0 Å². The van der Waals surface area contributed by atoms with Gasteiger partial charge >= 0.3 is 6.03 Å². The van der Waals surface area contributed by atoms with Crippen LogP contribution in [0, 0.1) is 5.82 Å². The Kier molecular flexibility index (Phi) is 4.52. The van der Waals surface area contributed by atoms with Crippen molar-refractivity contribution in [3.63, 3.8) is 0 Å². The predicted octanol–water partition coefficient (Wildman–Crippen LogP) is 2.13. The SMILES string of the molecule is O=C(NCC(O)c1ccc(Cl)c(F)c1)NC1CC2CCC1O2. The summed E-state index contributed by atoms with van der Waals surface area (Å²) in [6.07, 6.45) is 2.24. The number of nitrogens with one attached hydrogen (secondary N) is 2. The van der Waals surface area contributed by atoms with Crippen LogP contribution in [0.2, 0.25) is 5.02 Å². The molecule has 1 aromatic rings. The molecule has 1 aromatic carbocycles. The van der Waals surface area contributed by atoms with Crippen LogP contribution in [-0.4, -0.2) is 35.9 Å². The molecule has 0 aliphatic carbocycles. The highest BCUT2D eigenvalue weighted by Gasteiger charge is 2.41. The highest BCUT2D eigenvalue weighted by Crippen LogP contribution is 2.34. The fourth-order valence-corrected chi connectivity index (χ4v) is 3.15. The smallest absolute Gasteiger partial charge is 0.315 e. The molecule has 0 saturated carbocycles. The number of benzene rings is 1. The van der Waals surface area contributed by atoms with Crippen LogP contribution in [0.15, 0.2) is 18.2 Å². The molecule has 2 bridgehead atoms. The minimum Gasteiger partial charge on any atom is -0.387 e. The summed E-state index contributed by atoms with van der Waals surface area (Å²) in [6.45, 7) is -0.00538. The number of carbonyl (C=O) groups is 1. The van der Waals surface area contributed by atoms with Crippen LogP contribution in [0.1, 0.15) is 30.9 Å². The van der Waals surface area contributed by atoms with Crippen molar-refractivity contribution in [2.75, 3.05) is 6.54 Å². The van der Waals surface area contributed by atoms with Crippen LogP contribution in [-0.2, 0) is 4.74 Å². The molecule has 4 atom stereocenters.